The average Bonchev–Trinajstić information content (AvgIpc) is 2.80. The first kappa shape index (κ1) is 24.8. The molecule has 1 amide bonds. The van der Waals surface area contributed by atoms with Gasteiger partial charge in [-0.15, -0.1) is 0 Å². The van der Waals surface area contributed by atoms with Gasteiger partial charge in [-0.05, 0) is 66.9 Å². The molecule has 1 aliphatic rings. The Labute approximate surface area is 210 Å². The van der Waals surface area contributed by atoms with Crippen LogP contribution in [0.25, 0.3) is 0 Å². The Kier molecular flexibility index (Phi) is 7.77. The summed E-state index contributed by atoms with van der Waals surface area (Å²) in [6.07, 6.45) is 1.74. The number of rotatable bonds is 9. The lowest BCUT2D eigenvalue weighted by atomic mass is 10.1. The number of carbonyl (C=O) groups is 1. The fourth-order valence-corrected chi connectivity index (χ4v) is 5.61. The van der Waals surface area contributed by atoms with Crippen LogP contribution in [0.4, 0.5) is 5.69 Å². The summed E-state index contributed by atoms with van der Waals surface area (Å²) in [4.78, 5) is 12.9. The van der Waals surface area contributed by atoms with Gasteiger partial charge < -0.3 is 4.74 Å². The molecule has 3 aromatic rings. The molecule has 7 nitrogen and oxygen atoms in total. The number of carbonyl (C=O) groups excluding carboxylic acids is 1. The van der Waals surface area contributed by atoms with Crippen LogP contribution in [0.3, 0.4) is 0 Å². The van der Waals surface area contributed by atoms with E-state index in [1.54, 1.807) is 30.3 Å². The zero-order chi connectivity index (χ0) is 24.8. The molecule has 182 valence electrons. The summed E-state index contributed by atoms with van der Waals surface area (Å²) in [7, 11) is -3.97. The molecule has 0 bridgehead atoms. The molecule has 1 saturated heterocycles. The minimum Gasteiger partial charge on any atom is -0.489 e. The highest BCUT2D eigenvalue weighted by Crippen LogP contribution is 2.26. The number of sulfonamides is 1. The number of ether oxygens (including phenoxy) is 1. The van der Waals surface area contributed by atoms with Crippen LogP contribution >= 0.6 is 11.8 Å². The molecule has 1 fully saturated rings. The number of nitrogens with zero attached hydrogens (tertiary/aromatic N) is 2. The zero-order valence-corrected chi connectivity index (χ0v) is 21.2. The quantitative estimate of drug-likeness (QED) is 0.346. The third-order valence-electron chi connectivity index (χ3n) is 5.28. The van der Waals surface area contributed by atoms with Gasteiger partial charge in [-0.25, -0.2) is 13.8 Å². The molecule has 1 N–H and O–H groups in total. The minimum absolute atomic E-state index is 0.108. The first-order valence-corrected chi connectivity index (χ1v) is 13.7. The van der Waals surface area contributed by atoms with E-state index >= 15 is 0 Å². The summed E-state index contributed by atoms with van der Waals surface area (Å²) < 4.78 is 33.9. The van der Waals surface area contributed by atoms with E-state index in [2.05, 4.69) is 10.5 Å². The van der Waals surface area contributed by atoms with Gasteiger partial charge in [-0.3, -0.25) is 9.10 Å². The SMILES string of the molecule is Cc1cc(C)cc(N(CC(=O)N/N=C\c2cccc(OC3CSC3)c2)S(=O)(=O)c2ccccc2)c1. The normalized spacial score (nSPS) is 13.9. The number of nitrogens with one attached hydrogen (secondary N) is 1. The number of benzene rings is 3. The van der Waals surface area contributed by atoms with Gasteiger partial charge in [-0.2, -0.15) is 16.9 Å². The van der Waals surface area contributed by atoms with Gasteiger partial charge in [0.15, 0.2) is 0 Å². The smallest absolute Gasteiger partial charge is 0.264 e. The molecule has 9 heteroatoms. The van der Waals surface area contributed by atoms with Crippen molar-refractivity contribution in [3.63, 3.8) is 0 Å². The topological polar surface area (TPSA) is 88.1 Å². The van der Waals surface area contributed by atoms with Gasteiger partial charge >= 0.3 is 0 Å². The van der Waals surface area contributed by atoms with E-state index in [4.69, 9.17) is 4.74 Å². The van der Waals surface area contributed by atoms with Crippen LogP contribution in [-0.4, -0.2) is 44.7 Å². The van der Waals surface area contributed by atoms with Crippen molar-refractivity contribution in [2.45, 2.75) is 24.8 Å². The van der Waals surface area contributed by atoms with Gasteiger partial charge in [0, 0.05) is 11.5 Å². The third kappa shape index (κ3) is 6.43. The summed E-state index contributed by atoms with van der Waals surface area (Å²) in [5.41, 5.74) is 5.42. The van der Waals surface area contributed by atoms with E-state index in [-0.39, 0.29) is 11.0 Å². The highest BCUT2D eigenvalue weighted by Gasteiger charge is 2.27. The van der Waals surface area contributed by atoms with Crippen molar-refractivity contribution in [2.24, 2.45) is 5.10 Å². The Bertz CT molecular complexity index is 1300. The largest absolute Gasteiger partial charge is 0.489 e. The predicted octanol–water partition coefficient (Wildman–Crippen LogP) is 4.14. The Morgan fingerprint density at radius 2 is 1.77 bits per heavy atom. The fraction of sp³-hybridized carbons (Fsp3) is 0.231. The molecule has 0 saturated carbocycles. The van der Waals surface area contributed by atoms with Crippen LogP contribution in [0.1, 0.15) is 16.7 Å². The van der Waals surface area contributed by atoms with Gasteiger partial charge in [-0.1, -0.05) is 36.4 Å². The lowest BCUT2D eigenvalue weighted by Crippen LogP contribution is -2.39. The first-order valence-electron chi connectivity index (χ1n) is 11.1. The maximum absolute atomic E-state index is 13.4. The molecule has 0 radical (unpaired) electrons. The van der Waals surface area contributed by atoms with E-state index in [1.165, 1.54) is 18.3 Å². The van der Waals surface area contributed by atoms with E-state index in [9.17, 15) is 13.2 Å². The van der Waals surface area contributed by atoms with Gasteiger partial charge in [0.2, 0.25) is 0 Å². The van der Waals surface area contributed by atoms with E-state index in [0.717, 1.165) is 38.3 Å². The number of hydrogen-bond acceptors (Lipinski definition) is 6. The summed E-state index contributed by atoms with van der Waals surface area (Å²) >= 11 is 1.84. The van der Waals surface area contributed by atoms with Crippen molar-refractivity contribution in [2.75, 3.05) is 22.4 Å². The van der Waals surface area contributed by atoms with Gasteiger partial charge in [0.1, 0.15) is 18.4 Å². The van der Waals surface area contributed by atoms with Crippen molar-refractivity contribution >= 4 is 39.6 Å². The molecule has 1 aliphatic heterocycles. The van der Waals surface area contributed by atoms with Crippen molar-refractivity contribution < 1.29 is 17.9 Å². The summed E-state index contributed by atoms with van der Waals surface area (Å²) in [6, 6.07) is 20.9. The Morgan fingerprint density at radius 3 is 2.43 bits per heavy atom. The molecular weight excluding hydrogens is 482 g/mol. The van der Waals surface area contributed by atoms with E-state index in [0.29, 0.717) is 5.69 Å². The van der Waals surface area contributed by atoms with Crippen LogP contribution in [0.5, 0.6) is 5.75 Å². The number of thioether (sulfide) groups is 1. The molecular formula is C26H27N3O4S2. The first-order chi connectivity index (χ1) is 16.8. The third-order valence-corrected chi connectivity index (χ3v) is 8.29. The molecule has 3 aromatic carbocycles. The van der Waals surface area contributed by atoms with Gasteiger partial charge in [0.05, 0.1) is 16.8 Å². The maximum Gasteiger partial charge on any atom is 0.264 e. The second-order valence-electron chi connectivity index (χ2n) is 8.31. The summed E-state index contributed by atoms with van der Waals surface area (Å²) in [5, 5.41) is 4.03. The number of hydrogen-bond donors (Lipinski definition) is 1. The number of hydrazone groups is 1. The molecule has 0 aliphatic carbocycles. The van der Waals surface area contributed by atoms with E-state index in [1.807, 2.05) is 55.9 Å². The zero-order valence-electron chi connectivity index (χ0n) is 19.5. The average molecular weight is 510 g/mol. The summed E-state index contributed by atoms with van der Waals surface area (Å²) in [6.45, 7) is 3.35. The van der Waals surface area contributed by atoms with Crippen LogP contribution < -0.4 is 14.5 Å². The predicted molar refractivity (Wildman–Crippen MR) is 141 cm³/mol. The van der Waals surface area contributed by atoms with Crippen LogP contribution in [-0.2, 0) is 14.8 Å². The number of amides is 1. The fourth-order valence-electron chi connectivity index (χ4n) is 3.62. The molecule has 1 heterocycles. The molecule has 35 heavy (non-hydrogen) atoms. The summed E-state index contributed by atoms with van der Waals surface area (Å²) in [5.74, 6) is 2.16. The highest BCUT2D eigenvalue weighted by molar-refractivity contribution is 8.00. The van der Waals surface area contributed by atoms with Crippen molar-refractivity contribution in [1.82, 2.24) is 5.43 Å². The van der Waals surface area contributed by atoms with Crippen LogP contribution in [0.2, 0.25) is 0 Å². The van der Waals surface area contributed by atoms with Crippen molar-refractivity contribution in [3.8, 4) is 5.75 Å². The molecule has 0 atom stereocenters. The molecule has 0 aromatic heterocycles. The number of aryl methyl sites for hydroxylation is 2. The van der Waals surface area contributed by atoms with E-state index < -0.39 is 22.5 Å². The van der Waals surface area contributed by atoms with Crippen molar-refractivity contribution in [1.29, 1.82) is 0 Å². The Morgan fingerprint density at radius 1 is 1.06 bits per heavy atom. The molecule has 0 spiro atoms. The second kappa shape index (κ2) is 11.0. The maximum atomic E-state index is 13.4. The molecule has 0 unspecified atom stereocenters. The lowest BCUT2D eigenvalue weighted by molar-refractivity contribution is -0.119. The highest BCUT2D eigenvalue weighted by atomic mass is 32.2. The van der Waals surface area contributed by atoms with Crippen molar-refractivity contribution in [3.05, 3.63) is 89.5 Å². The Balaban J connectivity index is 1.50. The van der Waals surface area contributed by atoms with Gasteiger partial charge in [0.25, 0.3) is 15.9 Å². The minimum atomic E-state index is -3.97. The van der Waals surface area contributed by atoms with Crippen LogP contribution in [0, 0.1) is 13.8 Å². The monoisotopic (exact) mass is 509 g/mol. The standard InChI is InChI=1S/C26H27N3O4S2/c1-19-11-20(2)13-22(12-19)29(35(31,32)25-9-4-3-5-10-25)16-26(30)28-27-15-21-7-6-8-23(14-21)33-24-17-34-18-24/h3-15,24H,16-18H2,1-2H3,(H,28,30)/b27-15-. The van der Waals surface area contributed by atoms with Crippen LogP contribution in [0.15, 0.2) is 82.8 Å². The number of anilines is 1. The second-order valence-corrected chi connectivity index (χ2v) is 11.3. The molecule has 4 rings (SSSR count). The Hall–Kier alpha value is -3.30. The lowest BCUT2D eigenvalue weighted by Gasteiger charge is -2.25.